The van der Waals surface area contributed by atoms with E-state index in [-0.39, 0.29) is 5.25 Å². The summed E-state index contributed by atoms with van der Waals surface area (Å²) in [6, 6.07) is 5.67. The molecule has 1 fully saturated rings. The van der Waals surface area contributed by atoms with Crippen LogP contribution in [0.25, 0.3) is 10.2 Å². The third-order valence-corrected chi connectivity index (χ3v) is 6.90. The minimum absolute atomic E-state index is 0.286. The summed E-state index contributed by atoms with van der Waals surface area (Å²) in [7, 11) is -0.957. The molecule has 102 valence electrons. The Bertz CT molecular complexity index is 615. The van der Waals surface area contributed by atoms with E-state index in [0.717, 1.165) is 39.0 Å². The van der Waals surface area contributed by atoms with Gasteiger partial charge >= 0.3 is 0 Å². The molecule has 3 nitrogen and oxygen atoms in total. The number of anilines is 1. The number of fused-ring (bicyclic) bond motifs is 1. The zero-order chi connectivity index (χ0) is 13.4. The molecule has 0 amide bonds. The molecule has 2 aromatic rings. The van der Waals surface area contributed by atoms with E-state index in [1.165, 1.54) is 24.2 Å². The fraction of sp³-hybridized carbons (Fsp3) is 0.500. The maximum Gasteiger partial charge on any atom is 0.182 e. The molecule has 1 aliphatic rings. The van der Waals surface area contributed by atoms with Gasteiger partial charge in [0.1, 0.15) is 0 Å². The van der Waals surface area contributed by atoms with E-state index in [4.69, 9.17) is 5.73 Å². The van der Waals surface area contributed by atoms with Gasteiger partial charge in [-0.25, -0.2) is 4.98 Å². The van der Waals surface area contributed by atoms with Gasteiger partial charge in [0.05, 0.1) is 21.0 Å². The van der Waals surface area contributed by atoms with Crippen LogP contribution >= 0.6 is 11.3 Å². The minimum Gasteiger partial charge on any atom is -0.399 e. The minimum atomic E-state index is -0.957. The molecule has 1 aliphatic carbocycles. The van der Waals surface area contributed by atoms with Gasteiger partial charge in [0.25, 0.3) is 0 Å². The fourth-order valence-corrected chi connectivity index (χ4v) is 5.52. The SMILES string of the molecule is CC1CCC(S(=O)c2nc3ccc(N)cc3s2)CC1. The average molecular weight is 294 g/mol. The van der Waals surface area contributed by atoms with Gasteiger partial charge in [-0.05, 0) is 49.8 Å². The van der Waals surface area contributed by atoms with Gasteiger partial charge in [-0.15, -0.1) is 11.3 Å². The first-order valence-electron chi connectivity index (χ1n) is 6.70. The van der Waals surface area contributed by atoms with E-state index in [1.807, 2.05) is 18.2 Å². The van der Waals surface area contributed by atoms with Crippen LogP contribution in [0.4, 0.5) is 5.69 Å². The van der Waals surface area contributed by atoms with Crippen LogP contribution in [0.3, 0.4) is 0 Å². The second-order valence-electron chi connectivity index (χ2n) is 5.39. The van der Waals surface area contributed by atoms with Crippen molar-refractivity contribution in [3.63, 3.8) is 0 Å². The standard InChI is InChI=1S/C14H18N2OS2/c1-9-2-5-11(6-3-9)19(17)14-16-12-7-4-10(15)8-13(12)18-14/h4,7-9,11H,2-3,5-6,15H2,1H3. The Kier molecular flexibility index (Phi) is 3.58. The van der Waals surface area contributed by atoms with Crippen molar-refractivity contribution in [1.82, 2.24) is 4.98 Å². The summed E-state index contributed by atoms with van der Waals surface area (Å²) >= 11 is 1.52. The lowest BCUT2D eigenvalue weighted by Gasteiger charge is -2.24. The summed E-state index contributed by atoms with van der Waals surface area (Å²) in [4.78, 5) is 4.51. The number of hydrogen-bond acceptors (Lipinski definition) is 4. The van der Waals surface area contributed by atoms with Crippen LogP contribution in [0.5, 0.6) is 0 Å². The van der Waals surface area contributed by atoms with Crippen molar-refractivity contribution in [2.24, 2.45) is 5.92 Å². The van der Waals surface area contributed by atoms with Crippen molar-refractivity contribution in [3.8, 4) is 0 Å². The quantitative estimate of drug-likeness (QED) is 0.862. The normalized spacial score (nSPS) is 25.5. The molecule has 1 unspecified atom stereocenters. The number of benzene rings is 1. The molecular weight excluding hydrogens is 276 g/mol. The van der Waals surface area contributed by atoms with Crippen molar-refractivity contribution in [3.05, 3.63) is 18.2 Å². The second kappa shape index (κ2) is 5.21. The predicted octanol–water partition coefficient (Wildman–Crippen LogP) is 3.56. The zero-order valence-electron chi connectivity index (χ0n) is 11.0. The third kappa shape index (κ3) is 2.67. The lowest BCUT2D eigenvalue weighted by atomic mass is 9.91. The van der Waals surface area contributed by atoms with Gasteiger partial charge < -0.3 is 5.73 Å². The highest BCUT2D eigenvalue weighted by atomic mass is 32.2. The predicted molar refractivity (Wildman–Crippen MR) is 81.9 cm³/mol. The molecular formula is C14H18N2OS2. The van der Waals surface area contributed by atoms with Gasteiger partial charge in [-0.1, -0.05) is 6.92 Å². The summed E-state index contributed by atoms with van der Waals surface area (Å²) in [5.74, 6) is 0.781. The highest BCUT2D eigenvalue weighted by Crippen LogP contribution is 2.33. The summed E-state index contributed by atoms with van der Waals surface area (Å²) in [5.41, 5.74) is 7.42. The molecule has 1 atom stereocenters. The van der Waals surface area contributed by atoms with Crippen molar-refractivity contribution >= 4 is 38.0 Å². The molecule has 1 saturated carbocycles. The van der Waals surface area contributed by atoms with Gasteiger partial charge in [-0.3, -0.25) is 4.21 Å². The summed E-state index contributed by atoms with van der Waals surface area (Å²) in [5, 5.41) is 0.286. The van der Waals surface area contributed by atoms with Crippen LogP contribution < -0.4 is 5.73 Å². The Morgan fingerprint density at radius 3 is 2.79 bits per heavy atom. The van der Waals surface area contributed by atoms with E-state index in [0.29, 0.717) is 0 Å². The number of nitrogen functional groups attached to an aromatic ring is 1. The Labute approximate surface area is 119 Å². The molecule has 3 rings (SSSR count). The van der Waals surface area contributed by atoms with Gasteiger partial charge in [0.2, 0.25) is 0 Å². The van der Waals surface area contributed by atoms with Crippen LogP contribution in [-0.4, -0.2) is 14.4 Å². The summed E-state index contributed by atoms with van der Waals surface area (Å²) < 4.78 is 14.4. The maximum atomic E-state index is 12.6. The van der Waals surface area contributed by atoms with Gasteiger partial charge in [0, 0.05) is 10.9 Å². The van der Waals surface area contributed by atoms with E-state index < -0.39 is 10.8 Å². The maximum absolute atomic E-state index is 12.6. The Morgan fingerprint density at radius 2 is 2.05 bits per heavy atom. The van der Waals surface area contributed by atoms with Crippen LogP contribution in [0.1, 0.15) is 32.6 Å². The first-order chi connectivity index (χ1) is 9.13. The number of nitrogens with two attached hydrogens (primary N) is 1. The van der Waals surface area contributed by atoms with Crippen molar-refractivity contribution in [1.29, 1.82) is 0 Å². The molecule has 0 aliphatic heterocycles. The molecule has 1 aromatic carbocycles. The number of nitrogens with zero attached hydrogens (tertiary/aromatic N) is 1. The lowest BCUT2D eigenvalue weighted by molar-refractivity contribution is 0.389. The highest BCUT2D eigenvalue weighted by Gasteiger charge is 2.26. The molecule has 0 radical (unpaired) electrons. The molecule has 19 heavy (non-hydrogen) atoms. The number of aromatic nitrogens is 1. The topological polar surface area (TPSA) is 56.0 Å². The smallest absolute Gasteiger partial charge is 0.182 e. The van der Waals surface area contributed by atoms with Gasteiger partial charge in [0.15, 0.2) is 4.34 Å². The first-order valence-corrected chi connectivity index (χ1v) is 8.73. The third-order valence-electron chi connectivity index (χ3n) is 3.83. The Morgan fingerprint density at radius 1 is 1.32 bits per heavy atom. The number of hydrogen-bond donors (Lipinski definition) is 1. The second-order valence-corrected chi connectivity index (χ2v) is 8.32. The molecule has 0 bridgehead atoms. The lowest BCUT2D eigenvalue weighted by Crippen LogP contribution is -2.22. The average Bonchev–Trinajstić information content (AvgIpc) is 2.81. The highest BCUT2D eigenvalue weighted by molar-refractivity contribution is 7.88. The van der Waals surface area contributed by atoms with Crippen LogP contribution in [0, 0.1) is 5.92 Å². The van der Waals surface area contributed by atoms with Crippen molar-refractivity contribution in [2.75, 3.05) is 5.73 Å². The summed E-state index contributed by atoms with van der Waals surface area (Å²) in [6.45, 7) is 2.28. The van der Waals surface area contributed by atoms with Crippen LogP contribution in [-0.2, 0) is 10.8 Å². The monoisotopic (exact) mass is 294 g/mol. The largest absolute Gasteiger partial charge is 0.399 e. The number of rotatable bonds is 2. The Hall–Kier alpha value is -0.940. The van der Waals surface area contributed by atoms with Crippen molar-refractivity contribution in [2.45, 2.75) is 42.2 Å². The van der Waals surface area contributed by atoms with E-state index in [9.17, 15) is 4.21 Å². The molecule has 1 heterocycles. The fourth-order valence-electron chi connectivity index (χ4n) is 2.59. The Balaban J connectivity index is 1.85. The first kappa shape index (κ1) is 13.1. The summed E-state index contributed by atoms with van der Waals surface area (Å²) in [6.07, 6.45) is 4.50. The molecule has 2 N–H and O–H groups in total. The van der Waals surface area contributed by atoms with Crippen LogP contribution in [0.15, 0.2) is 22.5 Å². The molecule has 0 saturated heterocycles. The zero-order valence-corrected chi connectivity index (χ0v) is 12.6. The molecule has 1 aromatic heterocycles. The van der Waals surface area contributed by atoms with Crippen LogP contribution in [0.2, 0.25) is 0 Å². The van der Waals surface area contributed by atoms with Gasteiger partial charge in [-0.2, -0.15) is 0 Å². The molecule has 0 spiro atoms. The number of thiazole rings is 1. The van der Waals surface area contributed by atoms with E-state index >= 15 is 0 Å². The molecule has 5 heteroatoms. The van der Waals surface area contributed by atoms with E-state index in [2.05, 4.69) is 11.9 Å². The van der Waals surface area contributed by atoms with E-state index in [1.54, 1.807) is 0 Å². The van der Waals surface area contributed by atoms with Crippen molar-refractivity contribution < 1.29 is 4.21 Å².